The second kappa shape index (κ2) is 6.07. The van der Waals surface area contributed by atoms with Crippen LogP contribution in [0.1, 0.15) is 12.5 Å². The Bertz CT molecular complexity index is 351. The van der Waals surface area contributed by atoms with Crippen molar-refractivity contribution in [1.29, 1.82) is 0 Å². The van der Waals surface area contributed by atoms with Crippen LogP contribution in [-0.4, -0.2) is 29.0 Å². The van der Waals surface area contributed by atoms with Crippen molar-refractivity contribution in [3.63, 3.8) is 0 Å². The summed E-state index contributed by atoms with van der Waals surface area (Å²) in [6.07, 6.45) is 0. The summed E-state index contributed by atoms with van der Waals surface area (Å²) in [5.41, 5.74) is 6.42. The maximum Gasteiger partial charge on any atom is 0.153 e. The number of nitrogens with two attached hydrogens (primary N) is 1. The topological polar surface area (TPSA) is 61.8 Å². The molecule has 1 rings (SSSR count). The van der Waals surface area contributed by atoms with Crippen molar-refractivity contribution >= 4 is 5.84 Å². The van der Waals surface area contributed by atoms with E-state index in [0.717, 1.165) is 12.1 Å². The van der Waals surface area contributed by atoms with E-state index >= 15 is 0 Å². The van der Waals surface area contributed by atoms with Gasteiger partial charge in [0.15, 0.2) is 5.84 Å². The molecule has 1 aromatic rings. The summed E-state index contributed by atoms with van der Waals surface area (Å²) in [6.45, 7) is 3.79. The molecule has 0 aliphatic heterocycles. The van der Waals surface area contributed by atoms with E-state index in [9.17, 15) is 4.39 Å². The van der Waals surface area contributed by atoms with Crippen LogP contribution in [0.25, 0.3) is 0 Å². The van der Waals surface area contributed by atoms with E-state index < -0.39 is 0 Å². The van der Waals surface area contributed by atoms with Crippen molar-refractivity contribution < 1.29 is 9.60 Å². The number of benzene rings is 1. The first kappa shape index (κ1) is 12.4. The Kier molecular flexibility index (Phi) is 4.72. The number of rotatable bonds is 5. The SMILES string of the molecule is CCN(CC(N)=NO)Cc1ccc(F)cc1. The summed E-state index contributed by atoms with van der Waals surface area (Å²) in [5, 5.41) is 11.4. The molecule has 0 spiro atoms. The van der Waals surface area contributed by atoms with Crippen LogP contribution in [-0.2, 0) is 6.54 Å². The van der Waals surface area contributed by atoms with Gasteiger partial charge in [-0.2, -0.15) is 0 Å². The van der Waals surface area contributed by atoms with Crippen molar-refractivity contribution in [2.75, 3.05) is 13.1 Å². The molecule has 0 amide bonds. The normalized spacial score (nSPS) is 12.1. The summed E-state index contributed by atoms with van der Waals surface area (Å²) < 4.78 is 12.7. The molecule has 0 aliphatic carbocycles. The van der Waals surface area contributed by atoms with Gasteiger partial charge in [0.05, 0.1) is 6.54 Å². The van der Waals surface area contributed by atoms with Crippen molar-refractivity contribution in [2.24, 2.45) is 10.9 Å². The first-order valence-corrected chi connectivity index (χ1v) is 5.09. The predicted octanol–water partition coefficient (Wildman–Crippen LogP) is 1.39. The molecule has 0 aliphatic rings. The van der Waals surface area contributed by atoms with E-state index in [0.29, 0.717) is 13.1 Å². The van der Waals surface area contributed by atoms with Gasteiger partial charge in [0.2, 0.25) is 0 Å². The maximum absolute atomic E-state index is 12.7. The largest absolute Gasteiger partial charge is 0.409 e. The number of likely N-dealkylation sites (N-methyl/N-ethyl adjacent to an activating group) is 1. The highest BCUT2D eigenvalue weighted by molar-refractivity contribution is 5.81. The fourth-order valence-electron chi connectivity index (χ4n) is 1.39. The van der Waals surface area contributed by atoms with Crippen LogP contribution in [0.5, 0.6) is 0 Å². The Morgan fingerprint density at radius 2 is 2.06 bits per heavy atom. The molecule has 0 heterocycles. The predicted molar refractivity (Wildman–Crippen MR) is 60.8 cm³/mol. The zero-order valence-corrected chi connectivity index (χ0v) is 9.23. The van der Waals surface area contributed by atoms with Gasteiger partial charge in [-0.05, 0) is 24.2 Å². The highest BCUT2D eigenvalue weighted by Gasteiger charge is 2.06. The molecule has 0 radical (unpaired) electrons. The molecular formula is C11H16FN3O. The lowest BCUT2D eigenvalue weighted by Gasteiger charge is -2.19. The lowest BCUT2D eigenvalue weighted by Crippen LogP contribution is -2.33. The van der Waals surface area contributed by atoms with Crippen LogP contribution >= 0.6 is 0 Å². The zero-order valence-electron chi connectivity index (χ0n) is 9.23. The van der Waals surface area contributed by atoms with Gasteiger partial charge in [-0.25, -0.2) is 4.39 Å². The Labute approximate surface area is 94.2 Å². The van der Waals surface area contributed by atoms with Crippen molar-refractivity contribution in [3.05, 3.63) is 35.6 Å². The van der Waals surface area contributed by atoms with Crippen LogP contribution in [0.2, 0.25) is 0 Å². The minimum absolute atomic E-state index is 0.170. The second-order valence-corrected chi connectivity index (χ2v) is 3.52. The molecule has 16 heavy (non-hydrogen) atoms. The van der Waals surface area contributed by atoms with E-state index in [1.54, 1.807) is 12.1 Å². The smallest absolute Gasteiger partial charge is 0.153 e. The molecule has 0 saturated carbocycles. The van der Waals surface area contributed by atoms with Gasteiger partial charge in [-0.15, -0.1) is 0 Å². The van der Waals surface area contributed by atoms with Crippen LogP contribution < -0.4 is 5.73 Å². The van der Waals surface area contributed by atoms with E-state index in [1.165, 1.54) is 12.1 Å². The van der Waals surface area contributed by atoms with Gasteiger partial charge in [0.25, 0.3) is 0 Å². The lowest BCUT2D eigenvalue weighted by molar-refractivity contribution is 0.294. The molecule has 0 bridgehead atoms. The number of oxime groups is 1. The molecule has 5 heteroatoms. The molecule has 1 aromatic carbocycles. The van der Waals surface area contributed by atoms with Gasteiger partial charge in [-0.1, -0.05) is 24.2 Å². The summed E-state index contributed by atoms with van der Waals surface area (Å²) >= 11 is 0. The Morgan fingerprint density at radius 3 is 2.56 bits per heavy atom. The maximum atomic E-state index is 12.7. The third-order valence-corrected chi connectivity index (χ3v) is 2.28. The Balaban J connectivity index is 2.59. The van der Waals surface area contributed by atoms with Crippen molar-refractivity contribution in [1.82, 2.24) is 4.90 Å². The summed E-state index contributed by atoms with van der Waals surface area (Å²) in [7, 11) is 0. The second-order valence-electron chi connectivity index (χ2n) is 3.52. The molecule has 3 N–H and O–H groups in total. The van der Waals surface area contributed by atoms with Gasteiger partial charge in [-0.3, -0.25) is 4.90 Å². The monoisotopic (exact) mass is 225 g/mol. The molecule has 0 aromatic heterocycles. The molecule has 0 atom stereocenters. The quantitative estimate of drug-likeness (QED) is 0.344. The average molecular weight is 225 g/mol. The standard InChI is InChI=1S/C11H16FN3O/c1-2-15(8-11(13)14-16)7-9-3-5-10(12)6-4-9/h3-6,16H,2,7-8H2,1H3,(H2,13,14). The number of nitrogens with zero attached hydrogens (tertiary/aromatic N) is 2. The summed E-state index contributed by atoms with van der Waals surface area (Å²) in [4.78, 5) is 1.99. The molecule has 0 unspecified atom stereocenters. The van der Waals surface area contributed by atoms with Crippen LogP contribution in [0.3, 0.4) is 0 Å². The molecular weight excluding hydrogens is 209 g/mol. The van der Waals surface area contributed by atoms with Gasteiger partial charge in [0.1, 0.15) is 5.82 Å². The highest BCUT2D eigenvalue weighted by Crippen LogP contribution is 2.06. The van der Waals surface area contributed by atoms with E-state index in [4.69, 9.17) is 10.9 Å². The summed E-state index contributed by atoms with van der Waals surface area (Å²) in [6, 6.07) is 6.30. The fourth-order valence-corrected chi connectivity index (χ4v) is 1.39. The molecule has 0 fully saturated rings. The molecule has 88 valence electrons. The zero-order chi connectivity index (χ0) is 12.0. The van der Waals surface area contributed by atoms with Gasteiger partial charge < -0.3 is 10.9 Å². The van der Waals surface area contributed by atoms with Gasteiger partial charge in [0, 0.05) is 6.54 Å². The van der Waals surface area contributed by atoms with Crippen molar-refractivity contribution in [3.8, 4) is 0 Å². The summed E-state index contributed by atoms with van der Waals surface area (Å²) in [5.74, 6) is -0.0767. The van der Waals surface area contributed by atoms with Gasteiger partial charge >= 0.3 is 0 Å². The lowest BCUT2D eigenvalue weighted by atomic mass is 10.2. The van der Waals surface area contributed by atoms with Crippen LogP contribution in [0, 0.1) is 5.82 Å². The van der Waals surface area contributed by atoms with E-state index in [1.807, 2.05) is 11.8 Å². The Morgan fingerprint density at radius 1 is 1.44 bits per heavy atom. The molecule has 0 saturated heterocycles. The minimum Gasteiger partial charge on any atom is -0.409 e. The van der Waals surface area contributed by atoms with E-state index in [2.05, 4.69) is 5.16 Å². The number of halogens is 1. The van der Waals surface area contributed by atoms with E-state index in [-0.39, 0.29) is 11.7 Å². The number of amidine groups is 1. The third kappa shape index (κ3) is 3.86. The first-order valence-electron chi connectivity index (χ1n) is 5.09. The minimum atomic E-state index is -0.247. The van der Waals surface area contributed by atoms with Crippen molar-refractivity contribution in [2.45, 2.75) is 13.5 Å². The fraction of sp³-hybridized carbons (Fsp3) is 0.364. The number of hydrogen-bond acceptors (Lipinski definition) is 3. The third-order valence-electron chi connectivity index (χ3n) is 2.28. The molecule has 4 nitrogen and oxygen atoms in total. The Hall–Kier alpha value is -1.62. The first-order chi connectivity index (χ1) is 7.65. The van der Waals surface area contributed by atoms with Crippen LogP contribution in [0.15, 0.2) is 29.4 Å². The number of hydrogen-bond donors (Lipinski definition) is 2. The van der Waals surface area contributed by atoms with Crippen LogP contribution in [0.4, 0.5) is 4.39 Å². The average Bonchev–Trinajstić information content (AvgIpc) is 2.30. The highest BCUT2D eigenvalue weighted by atomic mass is 19.1.